The maximum absolute atomic E-state index is 12.8. The molecule has 19 heavy (non-hydrogen) atoms. The largest absolute Gasteiger partial charge is 0.416 e. The molecule has 0 saturated carbocycles. The van der Waals surface area contributed by atoms with Crippen molar-refractivity contribution in [1.29, 1.82) is 0 Å². The van der Waals surface area contributed by atoms with Gasteiger partial charge in [0.25, 0.3) is 0 Å². The lowest BCUT2D eigenvalue weighted by atomic mass is 9.98. The molecule has 106 valence electrons. The smallest absolute Gasteiger partial charge is 0.369 e. The Hall–Kier alpha value is -0.940. The van der Waals surface area contributed by atoms with Crippen LogP contribution in [-0.4, -0.2) is 18.6 Å². The van der Waals surface area contributed by atoms with Gasteiger partial charge in [0.15, 0.2) is 0 Å². The summed E-state index contributed by atoms with van der Waals surface area (Å²) in [5.41, 5.74) is 5.66. The van der Waals surface area contributed by atoms with Gasteiger partial charge in [-0.1, -0.05) is 11.6 Å². The zero-order chi connectivity index (χ0) is 14.2. The van der Waals surface area contributed by atoms with E-state index < -0.39 is 11.7 Å². The van der Waals surface area contributed by atoms with Crippen LogP contribution in [0.25, 0.3) is 0 Å². The minimum atomic E-state index is -4.38. The van der Waals surface area contributed by atoms with Crippen LogP contribution < -0.4 is 10.6 Å². The van der Waals surface area contributed by atoms with Gasteiger partial charge in [0.05, 0.1) is 5.56 Å². The van der Waals surface area contributed by atoms with Crippen molar-refractivity contribution in [2.45, 2.75) is 38.0 Å². The molecule has 1 fully saturated rings. The number of piperidine rings is 1. The van der Waals surface area contributed by atoms with Gasteiger partial charge in [-0.2, -0.15) is 13.2 Å². The molecule has 2 N–H and O–H groups in total. The lowest BCUT2D eigenvalue weighted by molar-refractivity contribution is -0.137. The van der Waals surface area contributed by atoms with Crippen LogP contribution in [0.3, 0.4) is 0 Å². The van der Waals surface area contributed by atoms with E-state index >= 15 is 0 Å². The number of hydrogen-bond acceptors (Lipinski definition) is 2. The number of rotatable bonds is 1. The first kappa shape index (κ1) is 14.5. The Kier molecular flexibility index (Phi) is 3.97. The number of alkyl halides is 3. The van der Waals surface area contributed by atoms with Crippen molar-refractivity contribution in [3.8, 4) is 0 Å². The van der Waals surface area contributed by atoms with Gasteiger partial charge in [-0.25, -0.2) is 0 Å². The average molecular weight is 293 g/mol. The topological polar surface area (TPSA) is 29.3 Å². The minimum absolute atomic E-state index is 0.104. The van der Waals surface area contributed by atoms with Crippen molar-refractivity contribution in [2.24, 2.45) is 5.73 Å². The molecule has 1 aromatic carbocycles. The highest BCUT2D eigenvalue weighted by Crippen LogP contribution is 2.35. The highest BCUT2D eigenvalue weighted by atomic mass is 35.5. The molecule has 2 nitrogen and oxygen atoms in total. The molecule has 2 unspecified atom stereocenters. The highest BCUT2D eigenvalue weighted by Gasteiger charge is 2.32. The number of benzene rings is 1. The zero-order valence-corrected chi connectivity index (χ0v) is 11.3. The van der Waals surface area contributed by atoms with E-state index in [4.69, 9.17) is 17.3 Å². The fourth-order valence-corrected chi connectivity index (χ4v) is 2.73. The molecule has 1 aliphatic heterocycles. The first-order valence-corrected chi connectivity index (χ1v) is 6.55. The molecule has 6 heteroatoms. The predicted molar refractivity (Wildman–Crippen MR) is 70.5 cm³/mol. The summed E-state index contributed by atoms with van der Waals surface area (Å²) >= 11 is 5.80. The third-order valence-electron chi connectivity index (χ3n) is 3.46. The minimum Gasteiger partial charge on any atom is -0.369 e. The summed E-state index contributed by atoms with van der Waals surface area (Å²) < 4.78 is 38.3. The van der Waals surface area contributed by atoms with E-state index in [-0.39, 0.29) is 17.1 Å². The van der Waals surface area contributed by atoms with Gasteiger partial charge in [-0.15, -0.1) is 0 Å². The van der Waals surface area contributed by atoms with E-state index in [0.717, 1.165) is 25.0 Å². The van der Waals surface area contributed by atoms with Crippen molar-refractivity contribution in [1.82, 2.24) is 0 Å². The van der Waals surface area contributed by atoms with E-state index in [9.17, 15) is 13.2 Å². The van der Waals surface area contributed by atoms with Crippen molar-refractivity contribution in [3.05, 3.63) is 28.8 Å². The fraction of sp³-hybridized carbons (Fsp3) is 0.538. The first-order chi connectivity index (χ1) is 8.77. The molecular weight excluding hydrogens is 277 g/mol. The monoisotopic (exact) mass is 292 g/mol. The Balaban J connectivity index is 2.32. The van der Waals surface area contributed by atoms with E-state index in [2.05, 4.69) is 0 Å². The Labute approximate surface area is 115 Å². The van der Waals surface area contributed by atoms with Crippen LogP contribution in [-0.2, 0) is 6.18 Å². The van der Waals surface area contributed by atoms with Crippen LogP contribution >= 0.6 is 11.6 Å². The van der Waals surface area contributed by atoms with Crippen molar-refractivity contribution >= 4 is 17.3 Å². The zero-order valence-electron chi connectivity index (χ0n) is 10.5. The van der Waals surface area contributed by atoms with Gasteiger partial charge in [0, 0.05) is 29.3 Å². The maximum Gasteiger partial charge on any atom is 0.416 e. The Bertz CT molecular complexity index is 462. The number of halogens is 4. The normalized spacial score (nSPS) is 24.6. The van der Waals surface area contributed by atoms with Crippen molar-refractivity contribution < 1.29 is 13.2 Å². The maximum atomic E-state index is 12.8. The molecule has 2 atom stereocenters. The number of nitrogens with two attached hydrogens (primary N) is 1. The molecule has 0 aliphatic carbocycles. The Morgan fingerprint density at radius 1 is 1.32 bits per heavy atom. The van der Waals surface area contributed by atoms with Crippen molar-refractivity contribution in [2.75, 3.05) is 11.4 Å². The molecular formula is C13H16ClF3N2. The van der Waals surface area contributed by atoms with E-state index in [0.29, 0.717) is 12.2 Å². The van der Waals surface area contributed by atoms with E-state index in [1.54, 1.807) is 6.07 Å². The van der Waals surface area contributed by atoms with Crippen LogP contribution in [0.4, 0.5) is 18.9 Å². The average Bonchev–Trinajstić information content (AvgIpc) is 2.26. The molecule has 2 rings (SSSR count). The molecule has 0 spiro atoms. The van der Waals surface area contributed by atoms with Crippen LogP contribution in [0.5, 0.6) is 0 Å². The summed E-state index contributed by atoms with van der Waals surface area (Å²) in [6, 6.07) is 3.91. The van der Waals surface area contributed by atoms with Gasteiger partial charge in [0.2, 0.25) is 0 Å². The van der Waals surface area contributed by atoms with E-state index in [1.807, 2.05) is 11.8 Å². The summed E-state index contributed by atoms with van der Waals surface area (Å²) in [6.07, 6.45) is -2.83. The highest BCUT2D eigenvalue weighted by molar-refractivity contribution is 6.31. The van der Waals surface area contributed by atoms with Gasteiger partial charge in [-0.05, 0) is 38.0 Å². The number of anilines is 1. The van der Waals surface area contributed by atoms with Crippen molar-refractivity contribution in [3.63, 3.8) is 0 Å². The summed E-state index contributed by atoms with van der Waals surface area (Å²) in [6.45, 7) is 2.62. The molecule has 1 aliphatic rings. The summed E-state index contributed by atoms with van der Waals surface area (Å²) in [5, 5.41) is 0.104. The van der Waals surface area contributed by atoms with Crippen LogP contribution in [0.1, 0.15) is 25.3 Å². The molecule has 0 amide bonds. The van der Waals surface area contributed by atoms with E-state index in [1.165, 1.54) is 0 Å². The third-order valence-corrected chi connectivity index (χ3v) is 3.68. The number of hydrogen-bond donors (Lipinski definition) is 1. The second-order valence-electron chi connectivity index (χ2n) is 5.02. The SMILES string of the molecule is CC1CC(N)CCN1c1cc(Cl)cc(C(F)(F)F)c1. The summed E-state index contributed by atoms with van der Waals surface area (Å²) in [5.74, 6) is 0. The van der Waals surface area contributed by atoms with Gasteiger partial charge in [0.1, 0.15) is 0 Å². The van der Waals surface area contributed by atoms with Gasteiger partial charge >= 0.3 is 6.18 Å². The summed E-state index contributed by atoms with van der Waals surface area (Å²) in [4.78, 5) is 1.94. The summed E-state index contributed by atoms with van der Waals surface area (Å²) in [7, 11) is 0. The quantitative estimate of drug-likeness (QED) is 0.855. The first-order valence-electron chi connectivity index (χ1n) is 6.17. The van der Waals surface area contributed by atoms with Crippen LogP contribution in [0, 0.1) is 0 Å². The number of nitrogens with zero attached hydrogens (tertiary/aromatic N) is 1. The molecule has 0 radical (unpaired) electrons. The third kappa shape index (κ3) is 3.34. The van der Waals surface area contributed by atoms with Crippen LogP contribution in [0.15, 0.2) is 18.2 Å². The molecule has 1 saturated heterocycles. The lowest BCUT2D eigenvalue weighted by Gasteiger charge is -2.38. The van der Waals surface area contributed by atoms with Gasteiger partial charge < -0.3 is 10.6 Å². The van der Waals surface area contributed by atoms with Gasteiger partial charge in [-0.3, -0.25) is 0 Å². The Morgan fingerprint density at radius 2 is 2.00 bits per heavy atom. The molecule has 1 heterocycles. The molecule has 1 aromatic rings. The predicted octanol–water partition coefficient (Wildman–Crippen LogP) is 3.67. The second-order valence-corrected chi connectivity index (χ2v) is 5.46. The molecule has 0 bridgehead atoms. The lowest BCUT2D eigenvalue weighted by Crippen LogP contribution is -2.45. The standard InChI is InChI=1S/C13H16ClF3N2/c1-8-4-11(18)2-3-19(8)12-6-9(13(15,16)17)5-10(14)7-12/h5-8,11H,2-4,18H2,1H3. The van der Waals surface area contributed by atoms with Crippen LogP contribution in [0.2, 0.25) is 5.02 Å². The second kappa shape index (κ2) is 5.21. The fourth-order valence-electron chi connectivity index (χ4n) is 2.50. The molecule has 0 aromatic heterocycles. The Morgan fingerprint density at radius 3 is 2.58 bits per heavy atom.